The van der Waals surface area contributed by atoms with Crippen LogP contribution in [0.3, 0.4) is 0 Å². The van der Waals surface area contributed by atoms with Gasteiger partial charge in [0.2, 0.25) is 11.8 Å². The lowest BCUT2D eigenvalue weighted by atomic mass is 10.3. The van der Waals surface area contributed by atoms with E-state index < -0.39 is 0 Å². The molecule has 0 saturated heterocycles. The van der Waals surface area contributed by atoms with Crippen LogP contribution in [0.15, 0.2) is 0 Å². The first-order valence-corrected chi connectivity index (χ1v) is 5.97. The Kier molecular flexibility index (Phi) is 3.43. The van der Waals surface area contributed by atoms with Gasteiger partial charge in [0, 0.05) is 12.6 Å². The summed E-state index contributed by atoms with van der Waals surface area (Å²) in [6.45, 7) is 0.917. The van der Waals surface area contributed by atoms with E-state index in [0.29, 0.717) is 12.0 Å². The van der Waals surface area contributed by atoms with Gasteiger partial charge in [0.05, 0.1) is 13.1 Å². The maximum absolute atomic E-state index is 11.9. The summed E-state index contributed by atoms with van der Waals surface area (Å²) in [5.41, 5.74) is 5.16. The van der Waals surface area contributed by atoms with Gasteiger partial charge in [-0.05, 0) is 31.6 Å². The van der Waals surface area contributed by atoms with Gasteiger partial charge in [-0.1, -0.05) is 0 Å². The Morgan fingerprint density at radius 3 is 2.44 bits per heavy atom. The van der Waals surface area contributed by atoms with E-state index in [1.165, 1.54) is 12.8 Å². The standard InChI is InChI=1S/C11H19N3O2/c12-5-10(15)13-6-11(16)14(9-3-4-9)7-8-1-2-8/h8-9H,1-7,12H2,(H,13,15). The van der Waals surface area contributed by atoms with Crippen LogP contribution in [0.4, 0.5) is 0 Å². The molecule has 5 heteroatoms. The molecule has 2 saturated carbocycles. The van der Waals surface area contributed by atoms with Crippen molar-refractivity contribution in [3.05, 3.63) is 0 Å². The molecule has 90 valence electrons. The summed E-state index contributed by atoms with van der Waals surface area (Å²) in [4.78, 5) is 24.8. The van der Waals surface area contributed by atoms with Crippen molar-refractivity contribution >= 4 is 11.8 Å². The van der Waals surface area contributed by atoms with Crippen molar-refractivity contribution in [1.82, 2.24) is 10.2 Å². The molecule has 0 aliphatic heterocycles. The number of carbonyl (C=O) groups excluding carboxylic acids is 2. The van der Waals surface area contributed by atoms with E-state index >= 15 is 0 Å². The van der Waals surface area contributed by atoms with Crippen LogP contribution in [0.1, 0.15) is 25.7 Å². The number of rotatable bonds is 6. The molecule has 2 aliphatic carbocycles. The van der Waals surface area contributed by atoms with E-state index in [1.807, 2.05) is 4.90 Å². The SMILES string of the molecule is NCC(=O)NCC(=O)N(CC1CC1)C1CC1. The predicted octanol–water partition coefficient (Wildman–Crippen LogP) is -0.538. The first kappa shape index (κ1) is 11.4. The molecule has 0 heterocycles. The summed E-state index contributed by atoms with van der Waals surface area (Å²) in [7, 11) is 0. The van der Waals surface area contributed by atoms with Gasteiger partial charge in [-0.15, -0.1) is 0 Å². The van der Waals surface area contributed by atoms with E-state index in [-0.39, 0.29) is 24.9 Å². The van der Waals surface area contributed by atoms with Crippen LogP contribution in [0.25, 0.3) is 0 Å². The molecule has 5 nitrogen and oxygen atoms in total. The lowest BCUT2D eigenvalue weighted by molar-refractivity contribution is -0.133. The Morgan fingerprint density at radius 1 is 1.25 bits per heavy atom. The van der Waals surface area contributed by atoms with Crippen LogP contribution in [-0.2, 0) is 9.59 Å². The van der Waals surface area contributed by atoms with Crippen LogP contribution in [0.2, 0.25) is 0 Å². The lowest BCUT2D eigenvalue weighted by Gasteiger charge is -2.22. The Labute approximate surface area is 95.3 Å². The minimum Gasteiger partial charge on any atom is -0.346 e. The largest absolute Gasteiger partial charge is 0.346 e. The van der Waals surface area contributed by atoms with Gasteiger partial charge in [0.25, 0.3) is 0 Å². The summed E-state index contributed by atoms with van der Waals surface area (Å²) in [6, 6.07) is 0.433. The highest BCUT2D eigenvalue weighted by Crippen LogP contribution is 2.34. The second-order valence-electron chi connectivity index (χ2n) is 4.70. The minimum atomic E-state index is -0.268. The predicted molar refractivity (Wildman–Crippen MR) is 59.5 cm³/mol. The van der Waals surface area contributed by atoms with Crippen LogP contribution >= 0.6 is 0 Å². The number of nitrogens with two attached hydrogens (primary N) is 1. The fourth-order valence-corrected chi connectivity index (χ4v) is 1.77. The van der Waals surface area contributed by atoms with Crippen LogP contribution < -0.4 is 11.1 Å². The molecule has 2 aliphatic rings. The van der Waals surface area contributed by atoms with Gasteiger partial charge < -0.3 is 16.0 Å². The Morgan fingerprint density at radius 2 is 1.94 bits per heavy atom. The third kappa shape index (κ3) is 3.20. The molecule has 2 amide bonds. The molecule has 3 N–H and O–H groups in total. The average molecular weight is 225 g/mol. The van der Waals surface area contributed by atoms with E-state index in [9.17, 15) is 9.59 Å². The Balaban J connectivity index is 1.77. The summed E-state index contributed by atoms with van der Waals surface area (Å²) in [5, 5.41) is 2.53. The van der Waals surface area contributed by atoms with Crippen molar-refractivity contribution in [2.45, 2.75) is 31.7 Å². The summed E-state index contributed by atoms with van der Waals surface area (Å²) in [6.07, 6.45) is 4.71. The highest BCUT2D eigenvalue weighted by atomic mass is 16.2. The summed E-state index contributed by atoms with van der Waals surface area (Å²) in [5.74, 6) is 0.474. The number of nitrogens with one attached hydrogen (secondary N) is 1. The van der Waals surface area contributed by atoms with Crippen LogP contribution in [0, 0.1) is 5.92 Å². The first-order chi connectivity index (χ1) is 7.70. The molecule has 0 atom stereocenters. The van der Waals surface area contributed by atoms with Crippen molar-refractivity contribution in [1.29, 1.82) is 0 Å². The zero-order chi connectivity index (χ0) is 11.5. The minimum absolute atomic E-state index is 0.0381. The topological polar surface area (TPSA) is 75.4 Å². The highest BCUT2D eigenvalue weighted by molar-refractivity contribution is 5.85. The fraction of sp³-hybridized carbons (Fsp3) is 0.818. The van der Waals surface area contributed by atoms with Gasteiger partial charge in [0.15, 0.2) is 0 Å². The molecule has 0 aromatic heterocycles. The summed E-state index contributed by atoms with van der Waals surface area (Å²) >= 11 is 0. The quantitative estimate of drug-likeness (QED) is 0.637. The smallest absolute Gasteiger partial charge is 0.242 e. The van der Waals surface area contributed by atoms with E-state index in [4.69, 9.17) is 5.73 Å². The molecule has 0 bridgehead atoms. The second kappa shape index (κ2) is 4.82. The molecule has 0 aromatic rings. The molecule has 0 aromatic carbocycles. The molecule has 0 spiro atoms. The highest BCUT2D eigenvalue weighted by Gasteiger charge is 2.36. The Bertz CT molecular complexity index is 285. The van der Waals surface area contributed by atoms with Crippen LogP contribution in [-0.4, -0.2) is 42.4 Å². The van der Waals surface area contributed by atoms with Crippen molar-refractivity contribution in [2.24, 2.45) is 11.7 Å². The van der Waals surface area contributed by atoms with Gasteiger partial charge >= 0.3 is 0 Å². The van der Waals surface area contributed by atoms with Crippen molar-refractivity contribution in [3.63, 3.8) is 0 Å². The van der Waals surface area contributed by atoms with Crippen molar-refractivity contribution in [3.8, 4) is 0 Å². The molecule has 0 radical (unpaired) electrons. The molecule has 0 unspecified atom stereocenters. The van der Waals surface area contributed by atoms with Gasteiger partial charge in [-0.2, -0.15) is 0 Å². The van der Waals surface area contributed by atoms with E-state index in [2.05, 4.69) is 5.32 Å². The molecule has 2 rings (SSSR count). The average Bonchev–Trinajstić information content (AvgIpc) is 3.14. The second-order valence-corrected chi connectivity index (χ2v) is 4.70. The van der Waals surface area contributed by atoms with Gasteiger partial charge in [-0.25, -0.2) is 0 Å². The van der Waals surface area contributed by atoms with Gasteiger partial charge in [0.1, 0.15) is 0 Å². The fourth-order valence-electron chi connectivity index (χ4n) is 1.77. The lowest BCUT2D eigenvalue weighted by Crippen LogP contribution is -2.43. The zero-order valence-electron chi connectivity index (χ0n) is 9.45. The number of carbonyl (C=O) groups is 2. The van der Waals surface area contributed by atoms with Crippen molar-refractivity contribution < 1.29 is 9.59 Å². The molecular weight excluding hydrogens is 206 g/mol. The normalized spacial score (nSPS) is 19.3. The van der Waals surface area contributed by atoms with Crippen LogP contribution in [0.5, 0.6) is 0 Å². The number of amides is 2. The Hall–Kier alpha value is -1.10. The van der Waals surface area contributed by atoms with Gasteiger partial charge in [-0.3, -0.25) is 9.59 Å². The third-order valence-corrected chi connectivity index (χ3v) is 3.08. The number of hydrogen-bond acceptors (Lipinski definition) is 3. The number of nitrogens with zero attached hydrogens (tertiary/aromatic N) is 1. The zero-order valence-corrected chi connectivity index (χ0v) is 9.45. The third-order valence-electron chi connectivity index (χ3n) is 3.08. The maximum Gasteiger partial charge on any atom is 0.242 e. The number of hydrogen-bond donors (Lipinski definition) is 2. The monoisotopic (exact) mass is 225 g/mol. The van der Waals surface area contributed by atoms with E-state index in [1.54, 1.807) is 0 Å². The molecule has 2 fully saturated rings. The van der Waals surface area contributed by atoms with E-state index in [0.717, 1.165) is 19.4 Å². The summed E-state index contributed by atoms with van der Waals surface area (Å²) < 4.78 is 0. The van der Waals surface area contributed by atoms with Crippen molar-refractivity contribution in [2.75, 3.05) is 19.6 Å². The molecule has 16 heavy (non-hydrogen) atoms. The molecular formula is C11H19N3O2. The maximum atomic E-state index is 11.9. The first-order valence-electron chi connectivity index (χ1n) is 5.97.